The number of nitrogens with zero attached hydrogens (tertiary/aromatic N) is 1. The SMILES string of the molecule is CCCCC[N+](CCCC)(CCCCCC(C)=O)CCC[Si](C)(C)O[SiH3]. The molecule has 26 heavy (non-hydrogen) atoms. The molecule has 0 heterocycles. The topological polar surface area (TPSA) is 26.3 Å². The maximum absolute atomic E-state index is 11.2. The lowest BCUT2D eigenvalue weighted by Gasteiger charge is -2.40. The molecule has 0 bridgehead atoms. The first-order valence-electron chi connectivity index (χ1n) is 11.2. The van der Waals surface area contributed by atoms with Gasteiger partial charge in [-0.15, -0.1) is 0 Å². The van der Waals surface area contributed by atoms with Crippen LogP contribution in [0.3, 0.4) is 0 Å². The first-order chi connectivity index (χ1) is 12.3. The highest BCUT2D eigenvalue weighted by molar-refractivity contribution is 6.73. The quantitative estimate of drug-likeness (QED) is 0.186. The second kappa shape index (κ2) is 15.0. The zero-order valence-corrected chi connectivity index (χ0v) is 21.9. The molecule has 156 valence electrons. The first-order valence-corrected chi connectivity index (χ1v) is 15.1. The van der Waals surface area contributed by atoms with Crippen molar-refractivity contribution < 1.29 is 13.4 Å². The Morgan fingerprint density at radius 3 is 1.92 bits per heavy atom. The van der Waals surface area contributed by atoms with E-state index in [1.807, 2.05) is 0 Å². The largest absolute Gasteiger partial charge is 0.463 e. The van der Waals surface area contributed by atoms with Crippen molar-refractivity contribution in [2.75, 3.05) is 26.2 Å². The molecule has 0 radical (unpaired) electrons. The molecule has 0 fully saturated rings. The molecule has 0 rings (SSSR count). The molecule has 1 unspecified atom stereocenters. The number of ketones is 1. The van der Waals surface area contributed by atoms with Gasteiger partial charge in [0.25, 0.3) is 0 Å². The fourth-order valence-electron chi connectivity index (χ4n) is 3.80. The third-order valence-corrected chi connectivity index (χ3v) is 11.8. The molecule has 3 nitrogen and oxygen atoms in total. The smallest absolute Gasteiger partial charge is 0.172 e. The second-order valence-corrected chi connectivity index (χ2v) is 14.5. The van der Waals surface area contributed by atoms with E-state index in [4.69, 9.17) is 4.12 Å². The summed E-state index contributed by atoms with van der Waals surface area (Å²) in [4.78, 5) is 11.2. The van der Waals surface area contributed by atoms with Crippen molar-refractivity contribution in [3.8, 4) is 0 Å². The van der Waals surface area contributed by atoms with E-state index in [2.05, 4.69) is 26.9 Å². The number of carbonyl (C=O) groups excluding carboxylic acids is 1. The summed E-state index contributed by atoms with van der Waals surface area (Å²) in [5.41, 5.74) is 0. The highest BCUT2D eigenvalue weighted by atomic mass is 28.4. The van der Waals surface area contributed by atoms with Gasteiger partial charge in [-0.05, 0) is 71.0 Å². The van der Waals surface area contributed by atoms with Crippen molar-refractivity contribution in [2.24, 2.45) is 0 Å². The molecular weight excluding hydrogens is 354 g/mol. The number of unbranched alkanes of at least 4 members (excludes halogenated alkanes) is 5. The minimum atomic E-state index is -1.39. The molecule has 0 aliphatic rings. The zero-order valence-electron chi connectivity index (χ0n) is 18.9. The lowest BCUT2D eigenvalue weighted by Crippen LogP contribution is -2.51. The molecule has 0 saturated heterocycles. The van der Waals surface area contributed by atoms with E-state index < -0.39 is 8.32 Å². The third kappa shape index (κ3) is 13.2. The van der Waals surface area contributed by atoms with Crippen LogP contribution in [0.1, 0.15) is 85.0 Å². The molecule has 1 atom stereocenters. The summed E-state index contributed by atoms with van der Waals surface area (Å²) >= 11 is 0. The highest BCUT2D eigenvalue weighted by Crippen LogP contribution is 2.20. The maximum atomic E-state index is 11.2. The van der Waals surface area contributed by atoms with Gasteiger partial charge in [0.15, 0.2) is 8.32 Å². The van der Waals surface area contributed by atoms with E-state index in [1.54, 1.807) is 6.92 Å². The minimum absolute atomic E-state index is 0.343. The van der Waals surface area contributed by atoms with Crippen LogP contribution in [0.4, 0.5) is 0 Å². The summed E-state index contributed by atoms with van der Waals surface area (Å²) in [6.45, 7) is 16.4. The Balaban J connectivity index is 4.75. The Bertz CT molecular complexity index is 364. The van der Waals surface area contributed by atoms with Crippen LogP contribution in [0.15, 0.2) is 0 Å². The molecule has 0 aromatic rings. The van der Waals surface area contributed by atoms with Crippen LogP contribution < -0.4 is 0 Å². The summed E-state index contributed by atoms with van der Waals surface area (Å²) in [6, 6.07) is 1.31. The van der Waals surface area contributed by atoms with Crippen molar-refractivity contribution in [2.45, 2.75) is 104 Å². The summed E-state index contributed by atoms with van der Waals surface area (Å²) in [5.74, 6) is 0.343. The predicted molar refractivity (Wildman–Crippen MR) is 121 cm³/mol. The Kier molecular flexibility index (Phi) is 15.0. The van der Waals surface area contributed by atoms with E-state index in [1.165, 1.54) is 88.1 Å². The average molecular weight is 403 g/mol. The van der Waals surface area contributed by atoms with Crippen molar-refractivity contribution in [3.05, 3.63) is 0 Å². The van der Waals surface area contributed by atoms with E-state index in [0.717, 1.165) is 23.3 Å². The molecule has 5 heteroatoms. The van der Waals surface area contributed by atoms with Crippen LogP contribution in [0.5, 0.6) is 0 Å². The van der Waals surface area contributed by atoms with Crippen molar-refractivity contribution in [1.82, 2.24) is 0 Å². The fourth-order valence-corrected chi connectivity index (χ4v) is 5.63. The standard InChI is InChI=1S/C21H48NO2Si2/c1-6-8-12-17-22(16-9-7-2,18-13-10-11-15-21(3)23)19-14-20-26(4,5)24-25/h6-20H2,1-5,25H3/q+1. The van der Waals surface area contributed by atoms with Gasteiger partial charge in [-0.2, -0.15) is 0 Å². The monoisotopic (exact) mass is 402 g/mol. The van der Waals surface area contributed by atoms with Gasteiger partial charge in [-0.1, -0.05) is 26.7 Å². The van der Waals surface area contributed by atoms with E-state index in [9.17, 15) is 4.79 Å². The van der Waals surface area contributed by atoms with Crippen LogP contribution in [0.25, 0.3) is 0 Å². The summed E-state index contributed by atoms with van der Waals surface area (Å²) in [5, 5.41) is 0. The molecule has 0 aliphatic heterocycles. The van der Waals surface area contributed by atoms with Crippen LogP contribution in [-0.4, -0.2) is 55.2 Å². The van der Waals surface area contributed by atoms with E-state index in [0.29, 0.717) is 5.78 Å². The Labute approximate surface area is 168 Å². The molecule has 0 amide bonds. The Morgan fingerprint density at radius 2 is 1.38 bits per heavy atom. The number of Topliss-reactive ketones (excluding diaryl/α,β-unsaturated/α-hetero) is 1. The fraction of sp³-hybridized carbons (Fsp3) is 0.952. The van der Waals surface area contributed by atoms with E-state index in [-0.39, 0.29) is 0 Å². The molecule has 0 spiro atoms. The average Bonchev–Trinajstić information content (AvgIpc) is 2.59. The van der Waals surface area contributed by atoms with Gasteiger partial charge in [0, 0.05) is 6.42 Å². The van der Waals surface area contributed by atoms with Crippen LogP contribution >= 0.6 is 0 Å². The summed E-state index contributed by atoms with van der Waals surface area (Å²) in [7, 11) is -0.501. The molecule has 0 aromatic carbocycles. The van der Waals surface area contributed by atoms with E-state index >= 15 is 0 Å². The van der Waals surface area contributed by atoms with Gasteiger partial charge in [0.2, 0.25) is 0 Å². The Hall–Kier alpha value is 0.0238. The van der Waals surface area contributed by atoms with Gasteiger partial charge in [-0.3, -0.25) is 0 Å². The van der Waals surface area contributed by atoms with Gasteiger partial charge < -0.3 is 13.4 Å². The lowest BCUT2D eigenvalue weighted by atomic mass is 10.1. The van der Waals surface area contributed by atoms with Gasteiger partial charge in [0.1, 0.15) is 16.3 Å². The second-order valence-electron chi connectivity index (χ2n) is 8.88. The number of hydrogen-bond donors (Lipinski definition) is 0. The normalized spacial score (nSPS) is 14.5. The highest BCUT2D eigenvalue weighted by Gasteiger charge is 2.28. The lowest BCUT2D eigenvalue weighted by molar-refractivity contribution is -0.929. The van der Waals surface area contributed by atoms with Crippen LogP contribution in [0.2, 0.25) is 19.1 Å². The number of rotatable bonds is 18. The molecule has 0 N–H and O–H groups in total. The van der Waals surface area contributed by atoms with Gasteiger partial charge in [0.05, 0.1) is 26.2 Å². The number of quaternary nitrogens is 1. The van der Waals surface area contributed by atoms with Crippen LogP contribution in [-0.2, 0) is 8.91 Å². The first kappa shape index (κ1) is 26.0. The molecular formula is C21H48NO2Si2+. The van der Waals surface area contributed by atoms with Crippen molar-refractivity contribution in [3.63, 3.8) is 0 Å². The zero-order chi connectivity index (χ0) is 19.9. The molecule has 0 saturated carbocycles. The minimum Gasteiger partial charge on any atom is -0.463 e. The number of carbonyl (C=O) groups is 1. The Morgan fingerprint density at radius 1 is 0.846 bits per heavy atom. The predicted octanol–water partition coefficient (Wildman–Crippen LogP) is 4.84. The van der Waals surface area contributed by atoms with Crippen molar-refractivity contribution >= 4 is 24.6 Å². The molecule has 0 aromatic heterocycles. The summed E-state index contributed by atoms with van der Waals surface area (Å²) in [6.07, 6.45) is 12.3. The third-order valence-electron chi connectivity index (χ3n) is 5.85. The van der Waals surface area contributed by atoms with Crippen LogP contribution in [0, 0.1) is 0 Å². The maximum Gasteiger partial charge on any atom is 0.172 e. The van der Waals surface area contributed by atoms with Gasteiger partial charge in [-0.25, -0.2) is 0 Å². The summed E-state index contributed by atoms with van der Waals surface area (Å²) < 4.78 is 7.23. The number of hydrogen-bond acceptors (Lipinski definition) is 2. The van der Waals surface area contributed by atoms with Gasteiger partial charge >= 0.3 is 0 Å². The van der Waals surface area contributed by atoms with Crippen molar-refractivity contribution in [1.29, 1.82) is 0 Å². The molecule has 0 aliphatic carbocycles.